The number of aliphatic hydroxyl groups excluding tert-OH is 1. The summed E-state index contributed by atoms with van der Waals surface area (Å²) in [6, 6.07) is 0. The molecule has 0 radical (unpaired) electrons. The van der Waals surface area contributed by atoms with E-state index in [1.54, 1.807) is 6.92 Å². The predicted molar refractivity (Wildman–Crippen MR) is 71.7 cm³/mol. The van der Waals surface area contributed by atoms with Gasteiger partial charge in [-0.15, -0.1) is 0 Å². The number of hydrogen-bond donors (Lipinski definition) is 1. The quantitative estimate of drug-likeness (QED) is 0.569. The highest BCUT2D eigenvalue weighted by Crippen LogP contribution is 2.39. The third-order valence-corrected chi connectivity index (χ3v) is 4.17. The molecular formula is C15H26O4. The van der Waals surface area contributed by atoms with E-state index in [-0.39, 0.29) is 11.9 Å². The summed E-state index contributed by atoms with van der Waals surface area (Å²) < 4.78 is 10.9. The number of aliphatic hydroxyl groups is 1. The Morgan fingerprint density at radius 1 is 1.42 bits per heavy atom. The molecule has 4 heteroatoms. The van der Waals surface area contributed by atoms with Crippen LogP contribution in [0.2, 0.25) is 0 Å². The normalized spacial score (nSPS) is 32.3. The van der Waals surface area contributed by atoms with E-state index in [2.05, 4.69) is 0 Å². The van der Waals surface area contributed by atoms with Crippen LogP contribution < -0.4 is 0 Å². The summed E-state index contributed by atoms with van der Waals surface area (Å²) in [6.45, 7) is 4.29. The number of hydrogen-bond acceptors (Lipinski definition) is 4. The van der Waals surface area contributed by atoms with Crippen LogP contribution in [0.5, 0.6) is 0 Å². The van der Waals surface area contributed by atoms with Gasteiger partial charge in [0.05, 0.1) is 30.8 Å². The molecule has 1 aliphatic heterocycles. The summed E-state index contributed by atoms with van der Waals surface area (Å²) in [5, 5.41) is 9.43. The number of epoxide rings is 1. The Labute approximate surface area is 115 Å². The van der Waals surface area contributed by atoms with Crippen molar-refractivity contribution in [2.45, 2.75) is 70.7 Å². The van der Waals surface area contributed by atoms with Gasteiger partial charge in [-0.25, -0.2) is 0 Å². The molecule has 19 heavy (non-hydrogen) atoms. The fourth-order valence-electron chi connectivity index (χ4n) is 3.05. The summed E-state index contributed by atoms with van der Waals surface area (Å²) >= 11 is 0. The molecule has 0 amide bonds. The molecule has 5 unspecified atom stereocenters. The molecule has 1 heterocycles. The summed E-state index contributed by atoms with van der Waals surface area (Å²) in [6.07, 6.45) is 5.96. The van der Waals surface area contributed by atoms with Gasteiger partial charge in [-0.05, 0) is 44.9 Å². The molecule has 2 rings (SSSR count). The van der Waals surface area contributed by atoms with E-state index in [4.69, 9.17) is 9.47 Å². The summed E-state index contributed by atoms with van der Waals surface area (Å²) in [7, 11) is 0. The maximum Gasteiger partial charge on any atom is 0.309 e. The molecule has 4 nitrogen and oxygen atoms in total. The lowest BCUT2D eigenvalue weighted by atomic mass is 9.90. The van der Waals surface area contributed by atoms with Crippen molar-refractivity contribution in [3.63, 3.8) is 0 Å². The summed E-state index contributed by atoms with van der Waals surface area (Å²) in [4.78, 5) is 12.0. The second-order valence-corrected chi connectivity index (χ2v) is 6.09. The molecule has 5 atom stereocenters. The van der Waals surface area contributed by atoms with E-state index in [1.165, 1.54) is 0 Å². The van der Waals surface area contributed by atoms with Crippen LogP contribution in [0.25, 0.3) is 0 Å². The Kier molecular flexibility index (Phi) is 5.22. The predicted octanol–water partition coefficient (Wildman–Crippen LogP) is 2.28. The van der Waals surface area contributed by atoms with Crippen LogP contribution in [0, 0.1) is 11.8 Å². The van der Waals surface area contributed by atoms with Crippen molar-refractivity contribution < 1.29 is 19.4 Å². The molecule has 1 saturated heterocycles. The van der Waals surface area contributed by atoms with Gasteiger partial charge in [0.15, 0.2) is 0 Å². The topological polar surface area (TPSA) is 59.1 Å². The minimum Gasteiger partial charge on any atom is -0.465 e. The highest BCUT2D eigenvalue weighted by atomic mass is 16.6. The Morgan fingerprint density at radius 3 is 2.84 bits per heavy atom. The van der Waals surface area contributed by atoms with E-state index in [0.717, 1.165) is 32.1 Å². The van der Waals surface area contributed by atoms with Crippen molar-refractivity contribution in [1.82, 2.24) is 0 Å². The fraction of sp³-hybridized carbons (Fsp3) is 0.933. The van der Waals surface area contributed by atoms with Crippen LogP contribution in [0.1, 0.15) is 52.4 Å². The van der Waals surface area contributed by atoms with Gasteiger partial charge in [0.2, 0.25) is 0 Å². The van der Waals surface area contributed by atoms with E-state index in [9.17, 15) is 9.90 Å². The number of carbonyl (C=O) groups excluding carboxylic acids is 1. The number of esters is 1. The van der Waals surface area contributed by atoms with Gasteiger partial charge in [0.1, 0.15) is 0 Å². The van der Waals surface area contributed by atoms with Crippen LogP contribution in [0.4, 0.5) is 0 Å². The number of rotatable bonds is 7. The van der Waals surface area contributed by atoms with Crippen LogP contribution in [0.3, 0.4) is 0 Å². The molecule has 2 fully saturated rings. The molecule has 110 valence electrons. The highest BCUT2D eigenvalue weighted by molar-refractivity contribution is 5.72. The molecule has 0 spiro atoms. The van der Waals surface area contributed by atoms with Crippen LogP contribution in [-0.2, 0) is 14.3 Å². The molecular weight excluding hydrogens is 244 g/mol. The largest absolute Gasteiger partial charge is 0.465 e. The SMILES string of the molecule is CCCC(CC(C)O)C(=O)OCC1CCC2OC2C1. The molecule has 1 saturated carbocycles. The minimum absolute atomic E-state index is 0.137. The Morgan fingerprint density at radius 2 is 2.21 bits per heavy atom. The monoisotopic (exact) mass is 270 g/mol. The summed E-state index contributed by atoms with van der Waals surface area (Å²) in [5.41, 5.74) is 0. The molecule has 0 aromatic rings. The van der Waals surface area contributed by atoms with Crippen molar-refractivity contribution in [2.75, 3.05) is 6.61 Å². The van der Waals surface area contributed by atoms with Crippen molar-refractivity contribution in [1.29, 1.82) is 0 Å². The van der Waals surface area contributed by atoms with Crippen LogP contribution >= 0.6 is 0 Å². The molecule has 0 aromatic carbocycles. The van der Waals surface area contributed by atoms with Gasteiger partial charge in [-0.1, -0.05) is 13.3 Å². The van der Waals surface area contributed by atoms with Gasteiger partial charge in [-0.3, -0.25) is 4.79 Å². The zero-order valence-electron chi connectivity index (χ0n) is 12.0. The lowest BCUT2D eigenvalue weighted by Gasteiger charge is -2.21. The van der Waals surface area contributed by atoms with Gasteiger partial charge >= 0.3 is 5.97 Å². The Hall–Kier alpha value is -0.610. The van der Waals surface area contributed by atoms with Crippen molar-refractivity contribution in [2.24, 2.45) is 11.8 Å². The van der Waals surface area contributed by atoms with Gasteiger partial charge in [0, 0.05) is 0 Å². The molecule has 0 aromatic heterocycles. The van der Waals surface area contributed by atoms with Crippen LogP contribution in [-0.4, -0.2) is 36.0 Å². The zero-order valence-corrected chi connectivity index (χ0v) is 12.0. The van der Waals surface area contributed by atoms with Crippen molar-refractivity contribution in [3.05, 3.63) is 0 Å². The molecule has 2 aliphatic rings. The lowest BCUT2D eigenvalue weighted by Crippen LogP contribution is -2.26. The Bertz CT molecular complexity index is 303. The third kappa shape index (κ3) is 4.46. The van der Waals surface area contributed by atoms with Gasteiger partial charge in [-0.2, -0.15) is 0 Å². The molecule has 0 bridgehead atoms. The van der Waals surface area contributed by atoms with E-state index in [1.807, 2.05) is 6.92 Å². The maximum atomic E-state index is 12.0. The van der Waals surface area contributed by atoms with E-state index >= 15 is 0 Å². The first-order chi connectivity index (χ1) is 9.10. The third-order valence-electron chi connectivity index (χ3n) is 4.17. The standard InChI is InChI=1S/C15H26O4/c1-3-4-12(7-10(2)16)15(17)18-9-11-5-6-13-14(8-11)19-13/h10-14,16H,3-9H2,1-2H3. The van der Waals surface area contributed by atoms with E-state index in [0.29, 0.717) is 31.2 Å². The smallest absolute Gasteiger partial charge is 0.309 e. The summed E-state index contributed by atoms with van der Waals surface area (Å²) in [5.74, 6) is 0.168. The van der Waals surface area contributed by atoms with E-state index < -0.39 is 6.10 Å². The highest BCUT2D eigenvalue weighted by Gasteiger charge is 2.44. The number of fused-ring (bicyclic) bond motifs is 1. The average Bonchev–Trinajstić information content (AvgIpc) is 3.13. The molecule has 1 aliphatic carbocycles. The van der Waals surface area contributed by atoms with Crippen molar-refractivity contribution >= 4 is 5.97 Å². The second kappa shape index (κ2) is 6.71. The number of carbonyl (C=O) groups is 1. The average molecular weight is 270 g/mol. The van der Waals surface area contributed by atoms with Crippen LogP contribution in [0.15, 0.2) is 0 Å². The van der Waals surface area contributed by atoms with Gasteiger partial charge < -0.3 is 14.6 Å². The first-order valence-electron chi connectivity index (χ1n) is 7.60. The molecule has 1 N–H and O–H groups in total. The first kappa shape index (κ1) is 14.8. The minimum atomic E-state index is -0.445. The number of ether oxygens (including phenoxy) is 2. The second-order valence-electron chi connectivity index (χ2n) is 6.09. The van der Waals surface area contributed by atoms with Crippen molar-refractivity contribution in [3.8, 4) is 0 Å². The fourth-order valence-corrected chi connectivity index (χ4v) is 3.05. The lowest BCUT2D eigenvalue weighted by molar-refractivity contribution is -0.151. The van der Waals surface area contributed by atoms with Gasteiger partial charge in [0.25, 0.3) is 0 Å². The Balaban J connectivity index is 1.71. The first-order valence-corrected chi connectivity index (χ1v) is 7.60. The zero-order chi connectivity index (χ0) is 13.8. The maximum absolute atomic E-state index is 12.0.